The lowest BCUT2D eigenvalue weighted by Gasteiger charge is -2.16. The number of urea groups is 1. The molecule has 2 amide bonds. The molecule has 9 nitrogen and oxygen atoms in total. The quantitative estimate of drug-likeness (QED) is 0.517. The summed E-state index contributed by atoms with van der Waals surface area (Å²) in [5, 5.41) is 10.4. The van der Waals surface area contributed by atoms with Gasteiger partial charge in [-0.1, -0.05) is 32.9 Å². The van der Waals surface area contributed by atoms with Crippen molar-refractivity contribution in [3.05, 3.63) is 63.2 Å². The van der Waals surface area contributed by atoms with Gasteiger partial charge in [-0.15, -0.1) is 0 Å². The molecular formula is C25H32N6O3. The first-order chi connectivity index (χ1) is 16.2. The molecule has 180 valence electrons. The summed E-state index contributed by atoms with van der Waals surface area (Å²) in [6.45, 7) is 6.59. The fourth-order valence-electron chi connectivity index (χ4n) is 3.96. The SMILES string of the molecule is COc1ccc(CCNC(=O)Nc2cc(C(C)(C)C)nn2-c2nc3c(c(=O)[nH]2)CCCC3)cc1. The van der Waals surface area contributed by atoms with Crippen LogP contribution in [0.1, 0.15) is 56.1 Å². The van der Waals surface area contributed by atoms with Crippen LogP contribution in [-0.4, -0.2) is 39.4 Å². The third-order valence-electron chi connectivity index (χ3n) is 5.96. The van der Waals surface area contributed by atoms with Crippen LogP contribution in [0.2, 0.25) is 0 Å². The summed E-state index contributed by atoms with van der Waals surface area (Å²) < 4.78 is 6.69. The number of hydrogen-bond acceptors (Lipinski definition) is 5. The summed E-state index contributed by atoms with van der Waals surface area (Å²) >= 11 is 0. The zero-order chi connectivity index (χ0) is 24.3. The summed E-state index contributed by atoms with van der Waals surface area (Å²) in [6.07, 6.45) is 4.21. The van der Waals surface area contributed by atoms with Crippen LogP contribution in [0.3, 0.4) is 0 Å². The van der Waals surface area contributed by atoms with Gasteiger partial charge in [0.1, 0.15) is 11.6 Å². The highest BCUT2D eigenvalue weighted by Gasteiger charge is 2.24. The summed E-state index contributed by atoms with van der Waals surface area (Å²) in [7, 11) is 1.63. The monoisotopic (exact) mass is 464 g/mol. The van der Waals surface area contributed by atoms with E-state index in [0.29, 0.717) is 24.7 Å². The first-order valence-corrected chi connectivity index (χ1v) is 11.7. The summed E-state index contributed by atoms with van der Waals surface area (Å²) in [6, 6.07) is 9.21. The van der Waals surface area contributed by atoms with Crippen LogP contribution in [0.15, 0.2) is 35.1 Å². The second kappa shape index (κ2) is 9.70. The molecule has 0 saturated heterocycles. The molecule has 9 heteroatoms. The number of nitrogens with one attached hydrogen (secondary N) is 3. The number of benzene rings is 1. The maximum absolute atomic E-state index is 12.7. The number of H-pyrrole nitrogens is 1. The van der Waals surface area contributed by atoms with E-state index in [1.165, 1.54) is 4.68 Å². The molecule has 34 heavy (non-hydrogen) atoms. The van der Waals surface area contributed by atoms with Gasteiger partial charge in [-0.25, -0.2) is 9.78 Å². The summed E-state index contributed by atoms with van der Waals surface area (Å²) in [5.74, 6) is 1.56. The van der Waals surface area contributed by atoms with Crippen molar-refractivity contribution in [3.8, 4) is 11.7 Å². The summed E-state index contributed by atoms with van der Waals surface area (Å²) in [4.78, 5) is 32.9. The van der Waals surface area contributed by atoms with E-state index in [1.54, 1.807) is 7.11 Å². The molecule has 1 aliphatic rings. The van der Waals surface area contributed by atoms with Gasteiger partial charge in [0.25, 0.3) is 5.56 Å². The van der Waals surface area contributed by atoms with Gasteiger partial charge in [0.2, 0.25) is 5.95 Å². The zero-order valence-corrected chi connectivity index (χ0v) is 20.2. The van der Waals surface area contributed by atoms with Crippen molar-refractivity contribution in [2.45, 2.75) is 58.3 Å². The number of ether oxygens (including phenoxy) is 1. The minimum absolute atomic E-state index is 0.137. The molecule has 0 radical (unpaired) electrons. The number of aromatic amines is 1. The highest BCUT2D eigenvalue weighted by molar-refractivity contribution is 5.88. The largest absolute Gasteiger partial charge is 0.497 e. The van der Waals surface area contributed by atoms with Crippen molar-refractivity contribution in [3.63, 3.8) is 0 Å². The van der Waals surface area contributed by atoms with E-state index in [2.05, 4.69) is 25.7 Å². The van der Waals surface area contributed by atoms with E-state index >= 15 is 0 Å². The number of carbonyl (C=O) groups excluding carboxylic acids is 1. The van der Waals surface area contributed by atoms with E-state index < -0.39 is 0 Å². The van der Waals surface area contributed by atoms with E-state index in [0.717, 1.165) is 53.9 Å². The van der Waals surface area contributed by atoms with Crippen molar-refractivity contribution in [1.29, 1.82) is 0 Å². The van der Waals surface area contributed by atoms with Crippen LogP contribution in [-0.2, 0) is 24.7 Å². The molecule has 0 aliphatic heterocycles. The number of nitrogens with zero attached hydrogens (tertiary/aromatic N) is 3. The highest BCUT2D eigenvalue weighted by atomic mass is 16.5. The molecule has 0 spiro atoms. The topological polar surface area (TPSA) is 114 Å². The van der Waals surface area contributed by atoms with Crippen LogP contribution in [0.5, 0.6) is 5.75 Å². The van der Waals surface area contributed by atoms with Gasteiger partial charge in [0, 0.05) is 23.6 Å². The smallest absolute Gasteiger partial charge is 0.320 e. The van der Waals surface area contributed by atoms with Gasteiger partial charge in [-0.05, 0) is 49.8 Å². The summed E-state index contributed by atoms with van der Waals surface area (Å²) in [5.41, 5.74) is 3.05. The van der Waals surface area contributed by atoms with Gasteiger partial charge in [0.15, 0.2) is 0 Å². The molecule has 0 atom stereocenters. The molecule has 0 fully saturated rings. The second-order valence-electron chi connectivity index (χ2n) is 9.58. The third-order valence-corrected chi connectivity index (χ3v) is 5.96. The van der Waals surface area contributed by atoms with Gasteiger partial charge in [0.05, 0.1) is 18.5 Å². The average molecular weight is 465 g/mol. The Morgan fingerprint density at radius 2 is 1.91 bits per heavy atom. The first kappa shape index (κ1) is 23.5. The number of anilines is 1. The van der Waals surface area contributed by atoms with Crippen molar-refractivity contribution >= 4 is 11.8 Å². The van der Waals surface area contributed by atoms with Crippen LogP contribution >= 0.6 is 0 Å². The molecule has 3 aromatic rings. The highest BCUT2D eigenvalue weighted by Crippen LogP contribution is 2.26. The standard InChI is InChI=1S/C25H32N6O3/c1-25(2,3)20-15-21(28-24(33)26-14-13-16-9-11-17(34-4)12-10-16)31(30-20)23-27-19-8-6-5-7-18(19)22(32)29-23/h9-12,15H,5-8,13-14H2,1-4H3,(H2,26,28,33)(H,27,29,32). The lowest BCUT2D eigenvalue weighted by molar-refractivity contribution is 0.252. The number of fused-ring (bicyclic) bond motifs is 1. The predicted molar refractivity (Wildman–Crippen MR) is 131 cm³/mol. The molecule has 1 aliphatic carbocycles. The average Bonchev–Trinajstić information content (AvgIpc) is 3.24. The van der Waals surface area contributed by atoms with Crippen LogP contribution in [0, 0.1) is 0 Å². The third kappa shape index (κ3) is 5.30. The van der Waals surface area contributed by atoms with Gasteiger partial charge < -0.3 is 10.1 Å². The first-order valence-electron chi connectivity index (χ1n) is 11.7. The molecule has 0 bridgehead atoms. The van der Waals surface area contributed by atoms with Gasteiger partial charge in [-0.2, -0.15) is 9.78 Å². The Kier molecular flexibility index (Phi) is 6.72. The number of amides is 2. The maximum atomic E-state index is 12.7. The fraction of sp³-hybridized carbons (Fsp3) is 0.440. The second-order valence-corrected chi connectivity index (χ2v) is 9.58. The molecule has 2 heterocycles. The van der Waals surface area contributed by atoms with Crippen molar-refractivity contribution < 1.29 is 9.53 Å². The molecular weight excluding hydrogens is 432 g/mol. The fourth-order valence-corrected chi connectivity index (χ4v) is 3.96. The van der Waals surface area contributed by atoms with Crippen molar-refractivity contribution in [1.82, 2.24) is 25.1 Å². The van der Waals surface area contributed by atoms with Crippen LogP contribution in [0.25, 0.3) is 5.95 Å². The maximum Gasteiger partial charge on any atom is 0.320 e. The van der Waals surface area contributed by atoms with Gasteiger partial charge >= 0.3 is 6.03 Å². The number of aromatic nitrogens is 4. The molecule has 4 rings (SSSR count). The molecule has 2 aromatic heterocycles. The van der Waals surface area contributed by atoms with E-state index in [9.17, 15) is 9.59 Å². The van der Waals surface area contributed by atoms with Gasteiger partial charge in [-0.3, -0.25) is 15.1 Å². The Morgan fingerprint density at radius 1 is 1.18 bits per heavy atom. The lowest BCUT2D eigenvalue weighted by Crippen LogP contribution is -2.31. The Bertz CT molecular complexity index is 1220. The zero-order valence-electron chi connectivity index (χ0n) is 20.2. The number of methoxy groups -OCH3 is 1. The lowest BCUT2D eigenvalue weighted by atomic mass is 9.92. The van der Waals surface area contributed by atoms with Crippen LogP contribution in [0.4, 0.5) is 10.6 Å². The van der Waals surface area contributed by atoms with E-state index in [-0.39, 0.29) is 17.0 Å². The normalized spacial score (nSPS) is 13.3. The number of carbonyl (C=O) groups is 1. The Morgan fingerprint density at radius 3 is 2.62 bits per heavy atom. The molecule has 0 saturated carbocycles. The minimum atomic E-state index is -0.351. The van der Waals surface area contributed by atoms with Crippen molar-refractivity contribution in [2.75, 3.05) is 19.0 Å². The van der Waals surface area contributed by atoms with E-state index in [4.69, 9.17) is 4.74 Å². The molecule has 3 N–H and O–H groups in total. The molecule has 1 aromatic carbocycles. The Labute approximate surface area is 199 Å². The molecule has 0 unspecified atom stereocenters. The Hall–Kier alpha value is -3.62. The number of rotatable bonds is 6. The Balaban J connectivity index is 1.52. The van der Waals surface area contributed by atoms with E-state index in [1.807, 2.05) is 51.1 Å². The van der Waals surface area contributed by atoms with Crippen molar-refractivity contribution in [2.24, 2.45) is 0 Å². The van der Waals surface area contributed by atoms with Crippen LogP contribution < -0.4 is 20.9 Å². The minimum Gasteiger partial charge on any atom is -0.497 e. The predicted octanol–water partition coefficient (Wildman–Crippen LogP) is 3.50. The number of hydrogen-bond donors (Lipinski definition) is 3. The number of aryl methyl sites for hydroxylation is 1.